The number of hydrogen-bond donors (Lipinski definition) is 1. The summed E-state index contributed by atoms with van der Waals surface area (Å²) in [7, 11) is 4.42. The molecule has 108 valence electrons. The molecule has 0 aromatic carbocycles. The second-order valence-corrected chi connectivity index (χ2v) is 6.49. The molecule has 2 unspecified atom stereocenters. The number of nitrogens with one attached hydrogen (secondary N) is 1. The van der Waals surface area contributed by atoms with Gasteiger partial charge in [-0.15, -0.1) is 0 Å². The molecule has 1 aliphatic heterocycles. The lowest BCUT2D eigenvalue weighted by atomic mass is 10.0. The molecule has 3 heteroatoms. The van der Waals surface area contributed by atoms with Gasteiger partial charge < -0.3 is 10.2 Å². The van der Waals surface area contributed by atoms with Gasteiger partial charge in [-0.25, -0.2) is 0 Å². The summed E-state index contributed by atoms with van der Waals surface area (Å²) in [6.45, 7) is 11.8. The molecule has 1 aliphatic rings. The van der Waals surface area contributed by atoms with E-state index in [4.69, 9.17) is 0 Å². The molecule has 0 aromatic heterocycles. The summed E-state index contributed by atoms with van der Waals surface area (Å²) in [5.74, 6) is 0.758. The summed E-state index contributed by atoms with van der Waals surface area (Å²) < 4.78 is 0. The third-order valence-electron chi connectivity index (χ3n) is 4.07. The van der Waals surface area contributed by atoms with Crippen molar-refractivity contribution in [1.29, 1.82) is 0 Å². The van der Waals surface area contributed by atoms with E-state index in [-0.39, 0.29) is 0 Å². The number of hydrogen-bond acceptors (Lipinski definition) is 3. The van der Waals surface area contributed by atoms with Gasteiger partial charge in [0, 0.05) is 18.6 Å². The van der Waals surface area contributed by atoms with E-state index in [0.29, 0.717) is 6.04 Å². The molecule has 0 saturated carbocycles. The maximum Gasteiger partial charge on any atom is 0.0217 e. The molecule has 0 aromatic rings. The topological polar surface area (TPSA) is 18.5 Å². The highest BCUT2D eigenvalue weighted by molar-refractivity contribution is 4.81. The first-order valence-corrected chi connectivity index (χ1v) is 7.62. The summed E-state index contributed by atoms with van der Waals surface area (Å²) in [6.07, 6.45) is 3.99. The van der Waals surface area contributed by atoms with Gasteiger partial charge in [0.15, 0.2) is 0 Å². The maximum absolute atomic E-state index is 3.55. The smallest absolute Gasteiger partial charge is 0.0217 e. The zero-order chi connectivity index (χ0) is 13.5. The zero-order valence-electron chi connectivity index (χ0n) is 13.1. The molecular weight excluding hydrogens is 222 g/mol. The van der Waals surface area contributed by atoms with Crippen molar-refractivity contribution in [3.8, 4) is 0 Å². The minimum absolute atomic E-state index is 0.715. The van der Waals surface area contributed by atoms with Crippen molar-refractivity contribution in [2.75, 3.05) is 40.3 Å². The van der Waals surface area contributed by atoms with Crippen molar-refractivity contribution in [3.05, 3.63) is 0 Å². The molecular formula is C15H33N3. The summed E-state index contributed by atoms with van der Waals surface area (Å²) in [5.41, 5.74) is 0. The predicted octanol–water partition coefficient (Wildman–Crippen LogP) is 2.04. The summed E-state index contributed by atoms with van der Waals surface area (Å²) >= 11 is 0. The Morgan fingerprint density at radius 2 is 2.00 bits per heavy atom. The van der Waals surface area contributed by atoms with Gasteiger partial charge >= 0.3 is 0 Å². The molecule has 1 heterocycles. The van der Waals surface area contributed by atoms with E-state index in [1.165, 1.54) is 32.4 Å². The average Bonchev–Trinajstić information content (AvgIpc) is 2.34. The van der Waals surface area contributed by atoms with Gasteiger partial charge in [0.05, 0.1) is 0 Å². The fourth-order valence-electron chi connectivity index (χ4n) is 2.69. The quantitative estimate of drug-likeness (QED) is 0.702. The maximum atomic E-state index is 3.55. The number of likely N-dealkylation sites (N-methyl/N-ethyl adjacent to an activating group) is 1. The molecule has 0 amide bonds. The van der Waals surface area contributed by atoms with E-state index in [2.05, 4.69) is 50.0 Å². The van der Waals surface area contributed by atoms with Crippen molar-refractivity contribution in [2.24, 2.45) is 5.92 Å². The lowest BCUT2D eigenvalue weighted by Gasteiger charge is -2.39. The lowest BCUT2D eigenvalue weighted by Crippen LogP contribution is -2.48. The number of likely N-dealkylation sites (tertiary alicyclic amines) is 1. The second-order valence-electron chi connectivity index (χ2n) is 6.49. The van der Waals surface area contributed by atoms with E-state index < -0.39 is 0 Å². The van der Waals surface area contributed by atoms with E-state index in [0.717, 1.165) is 25.0 Å². The van der Waals surface area contributed by atoms with Gasteiger partial charge in [-0.1, -0.05) is 13.8 Å². The van der Waals surface area contributed by atoms with Crippen LogP contribution in [0.15, 0.2) is 0 Å². The molecule has 0 spiro atoms. The number of nitrogens with zero attached hydrogens (tertiary/aromatic N) is 2. The van der Waals surface area contributed by atoms with Crippen LogP contribution in [0, 0.1) is 5.92 Å². The predicted molar refractivity (Wildman–Crippen MR) is 80.1 cm³/mol. The average molecular weight is 255 g/mol. The van der Waals surface area contributed by atoms with Crippen molar-refractivity contribution in [3.63, 3.8) is 0 Å². The Labute approximate surface area is 114 Å². The van der Waals surface area contributed by atoms with Crippen LogP contribution in [-0.4, -0.2) is 62.2 Å². The summed E-state index contributed by atoms with van der Waals surface area (Å²) in [5, 5.41) is 3.55. The molecule has 1 saturated heterocycles. The molecule has 0 aliphatic carbocycles. The van der Waals surface area contributed by atoms with Crippen LogP contribution in [0.4, 0.5) is 0 Å². The minimum atomic E-state index is 0.715. The molecule has 0 bridgehead atoms. The zero-order valence-corrected chi connectivity index (χ0v) is 13.1. The Morgan fingerprint density at radius 3 is 2.61 bits per heavy atom. The van der Waals surface area contributed by atoms with Crippen LogP contribution >= 0.6 is 0 Å². The van der Waals surface area contributed by atoms with Crippen LogP contribution in [0.1, 0.15) is 40.0 Å². The van der Waals surface area contributed by atoms with Gasteiger partial charge in [0.25, 0.3) is 0 Å². The molecule has 1 fully saturated rings. The van der Waals surface area contributed by atoms with E-state index in [1.807, 2.05) is 0 Å². The molecule has 3 nitrogen and oxygen atoms in total. The van der Waals surface area contributed by atoms with Crippen molar-refractivity contribution < 1.29 is 0 Å². The van der Waals surface area contributed by atoms with Gasteiger partial charge in [0.1, 0.15) is 0 Å². The van der Waals surface area contributed by atoms with Crippen LogP contribution in [0.2, 0.25) is 0 Å². The van der Waals surface area contributed by atoms with E-state index in [9.17, 15) is 0 Å². The highest BCUT2D eigenvalue weighted by Crippen LogP contribution is 2.17. The van der Waals surface area contributed by atoms with Crippen molar-refractivity contribution in [1.82, 2.24) is 15.1 Å². The first-order valence-electron chi connectivity index (χ1n) is 7.62. The third-order valence-corrected chi connectivity index (χ3v) is 4.07. The highest BCUT2D eigenvalue weighted by atomic mass is 15.2. The molecule has 2 atom stereocenters. The first-order chi connectivity index (χ1) is 8.50. The fraction of sp³-hybridized carbons (Fsp3) is 1.00. The largest absolute Gasteiger partial charge is 0.316 e. The minimum Gasteiger partial charge on any atom is -0.316 e. The summed E-state index contributed by atoms with van der Waals surface area (Å²) in [6, 6.07) is 1.47. The van der Waals surface area contributed by atoms with Gasteiger partial charge in [-0.2, -0.15) is 0 Å². The van der Waals surface area contributed by atoms with E-state index in [1.54, 1.807) is 0 Å². The first kappa shape index (κ1) is 15.9. The molecule has 18 heavy (non-hydrogen) atoms. The molecule has 1 N–H and O–H groups in total. The van der Waals surface area contributed by atoms with Crippen LogP contribution in [-0.2, 0) is 0 Å². The van der Waals surface area contributed by atoms with E-state index >= 15 is 0 Å². The molecule has 1 rings (SSSR count). The highest BCUT2D eigenvalue weighted by Gasteiger charge is 2.24. The second kappa shape index (κ2) is 8.13. The van der Waals surface area contributed by atoms with Crippen LogP contribution in [0.25, 0.3) is 0 Å². The number of piperidine rings is 1. The lowest BCUT2D eigenvalue weighted by molar-refractivity contribution is 0.0987. The molecule has 0 radical (unpaired) electrons. The van der Waals surface area contributed by atoms with Crippen LogP contribution in [0.3, 0.4) is 0 Å². The van der Waals surface area contributed by atoms with Gasteiger partial charge in [0.2, 0.25) is 0 Å². The van der Waals surface area contributed by atoms with Crippen LogP contribution in [0.5, 0.6) is 0 Å². The Balaban J connectivity index is 2.22. The Kier molecular flexibility index (Phi) is 7.20. The normalized spacial score (nSPS) is 23.8. The Hall–Kier alpha value is -0.120. The summed E-state index contributed by atoms with van der Waals surface area (Å²) in [4.78, 5) is 5.06. The fourth-order valence-corrected chi connectivity index (χ4v) is 2.69. The van der Waals surface area contributed by atoms with Crippen LogP contribution < -0.4 is 5.32 Å². The monoisotopic (exact) mass is 255 g/mol. The Bertz CT molecular complexity index is 216. The standard InChI is InChI=1S/C15H33N3/c1-13(2)11-16-9-8-14(3)18-10-6-7-15(12-18)17(4)5/h13-16H,6-12H2,1-5H3. The Morgan fingerprint density at radius 1 is 1.28 bits per heavy atom. The van der Waals surface area contributed by atoms with Gasteiger partial charge in [-0.05, 0) is 65.8 Å². The SMILES string of the molecule is CC(C)CNCCC(C)N1CCCC(N(C)C)C1. The van der Waals surface area contributed by atoms with Gasteiger partial charge in [-0.3, -0.25) is 4.90 Å². The van der Waals surface area contributed by atoms with Crippen molar-refractivity contribution >= 4 is 0 Å². The third kappa shape index (κ3) is 5.68. The van der Waals surface area contributed by atoms with Crippen molar-refractivity contribution in [2.45, 2.75) is 52.1 Å². The number of rotatable bonds is 7.